The van der Waals surface area contributed by atoms with Crippen LogP contribution in [-0.2, 0) is 4.74 Å². The van der Waals surface area contributed by atoms with E-state index in [-0.39, 0.29) is 0 Å². The van der Waals surface area contributed by atoms with Crippen LogP contribution in [0.4, 0.5) is 4.79 Å². The molecular weight excluding hydrogens is 212 g/mol. The van der Waals surface area contributed by atoms with Gasteiger partial charge >= 0.3 is 6.09 Å². The van der Waals surface area contributed by atoms with Crippen LogP contribution in [-0.4, -0.2) is 16.7 Å². The Kier molecular flexibility index (Phi) is 6.24. The van der Waals surface area contributed by atoms with Gasteiger partial charge in [0, 0.05) is 0 Å². The molecule has 0 saturated carbocycles. The lowest BCUT2D eigenvalue weighted by Gasteiger charge is -2.20. The van der Waals surface area contributed by atoms with Gasteiger partial charge in [0.25, 0.3) is 0 Å². The second-order valence-corrected chi connectivity index (χ2v) is 4.77. The number of hydrogen-bond acceptors (Lipinski definition) is 3. The summed E-state index contributed by atoms with van der Waals surface area (Å²) in [5.74, 6) is 0. The number of hydrazine groups is 1. The minimum absolute atomic E-state index is 0.489. The Morgan fingerprint density at radius 3 is 2.40 bits per heavy atom. The normalized spacial score (nSPS) is 10.7. The fraction of sp³-hybridized carbons (Fsp3) is 0.800. The van der Waals surface area contributed by atoms with Gasteiger partial charge in [-0.1, -0.05) is 25.6 Å². The number of ether oxygens (including phenoxy) is 1. The molecule has 0 aliphatic carbocycles. The summed E-state index contributed by atoms with van der Waals surface area (Å²) in [5, 5.41) is 0. The van der Waals surface area contributed by atoms with Gasteiger partial charge in [-0.2, -0.15) is 0 Å². The van der Waals surface area contributed by atoms with E-state index < -0.39 is 11.7 Å². The van der Waals surface area contributed by atoms with Gasteiger partial charge in [0.05, 0.1) is 4.99 Å². The van der Waals surface area contributed by atoms with Gasteiger partial charge in [-0.3, -0.25) is 5.43 Å². The van der Waals surface area contributed by atoms with E-state index in [1.54, 1.807) is 0 Å². The lowest BCUT2D eigenvalue weighted by molar-refractivity contribution is 0.0513. The van der Waals surface area contributed by atoms with Crippen molar-refractivity contribution < 1.29 is 9.53 Å². The zero-order chi connectivity index (χ0) is 11.9. The molecule has 0 aliphatic rings. The molecule has 0 radical (unpaired) electrons. The van der Waals surface area contributed by atoms with Crippen molar-refractivity contribution in [3.63, 3.8) is 0 Å². The third-order valence-electron chi connectivity index (χ3n) is 1.46. The first-order valence-electron chi connectivity index (χ1n) is 5.13. The summed E-state index contributed by atoms with van der Waals surface area (Å²) in [6.07, 6.45) is 2.36. The maximum atomic E-state index is 11.2. The zero-order valence-electron chi connectivity index (χ0n) is 9.85. The summed E-state index contributed by atoms with van der Waals surface area (Å²) >= 11 is 5.00. The minimum atomic E-state index is -0.513. The van der Waals surface area contributed by atoms with E-state index in [1.165, 1.54) is 0 Å². The van der Waals surface area contributed by atoms with Crippen molar-refractivity contribution in [3.8, 4) is 0 Å². The average molecular weight is 232 g/mol. The van der Waals surface area contributed by atoms with Crippen LogP contribution < -0.4 is 10.9 Å². The lowest BCUT2D eigenvalue weighted by Crippen LogP contribution is -2.43. The molecule has 5 heteroatoms. The summed E-state index contributed by atoms with van der Waals surface area (Å²) in [6.45, 7) is 7.51. The van der Waals surface area contributed by atoms with E-state index in [1.807, 2.05) is 20.8 Å². The highest BCUT2D eigenvalue weighted by Gasteiger charge is 2.15. The second-order valence-electron chi connectivity index (χ2n) is 4.28. The molecule has 0 atom stereocenters. The first-order chi connectivity index (χ1) is 6.85. The Morgan fingerprint density at radius 2 is 1.93 bits per heavy atom. The zero-order valence-corrected chi connectivity index (χ0v) is 10.7. The van der Waals surface area contributed by atoms with Gasteiger partial charge in [-0.15, -0.1) is 0 Å². The van der Waals surface area contributed by atoms with Crippen molar-refractivity contribution in [2.75, 3.05) is 0 Å². The highest BCUT2D eigenvalue weighted by molar-refractivity contribution is 7.80. The Bertz CT molecular complexity index is 224. The van der Waals surface area contributed by atoms with Crippen LogP contribution in [0.1, 0.15) is 47.0 Å². The van der Waals surface area contributed by atoms with E-state index in [9.17, 15) is 4.79 Å². The predicted octanol–water partition coefficient (Wildman–Crippen LogP) is 2.53. The molecule has 15 heavy (non-hydrogen) atoms. The molecule has 0 spiro atoms. The molecular formula is C10H20N2O2S. The van der Waals surface area contributed by atoms with E-state index in [0.717, 1.165) is 19.3 Å². The van der Waals surface area contributed by atoms with E-state index >= 15 is 0 Å². The van der Waals surface area contributed by atoms with Gasteiger partial charge in [-0.25, -0.2) is 10.2 Å². The minimum Gasteiger partial charge on any atom is -0.443 e. The quantitative estimate of drug-likeness (QED) is 0.580. The van der Waals surface area contributed by atoms with Crippen LogP contribution in [0.2, 0.25) is 0 Å². The van der Waals surface area contributed by atoms with Gasteiger partial charge in [-0.05, 0) is 33.6 Å². The summed E-state index contributed by atoms with van der Waals surface area (Å²) < 4.78 is 5.02. The Morgan fingerprint density at radius 1 is 1.33 bits per heavy atom. The lowest BCUT2D eigenvalue weighted by atomic mass is 10.2. The molecule has 88 valence electrons. The maximum Gasteiger partial charge on any atom is 0.426 e. The van der Waals surface area contributed by atoms with Crippen LogP contribution in [0, 0.1) is 0 Å². The van der Waals surface area contributed by atoms with Crippen LogP contribution >= 0.6 is 12.2 Å². The fourth-order valence-electron chi connectivity index (χ4n) is 0.824. The highest BCUT2D eigenvalue weighted by atomic mass is 32.1. The number of carbonyl (C=O) groups excluding carboxylic acids is 1. The van der Waals surface area contributed by atoms with Gasteiger partial charge < -0.3 is 4.74 Å². The number of rotatable bonds is 3. The van der Waals surface area contributed by atoms with E-state index in [2.05, 4.69) is 17.8 Å². The first kappa shape index (κ1) is 14.2. The van der Waals surface area contributed by atoms with Crippen LogP contribution in [0.15, 0.2) is 0 Å². The molecule has 0 aromatic carbocycles. The topological polar surface area (TPSA) is 50.4 Å². The third kappa shape index (κ3) is 9.46. The molecule has 0 saturated heterocycles. The molecule has 0 unspecified atom stereocenters. The molecule has 0 aromatic heterocycles. The maximum absolute atomic E-state index is 11.2. The Labute approximate surface area is 96.7 Å². The van der Waals surface area contributed by atoms with E-state index in [4.69, 9.17) is 17.0 Å². The predicted molar refractivity (Wildman–Crippen MR) is 64.6 cm³/mol. The van der Waals surface area contributed by atoms with Crippen molar-refractivity contribution in [2.45, 2.75) is 52.6 Å². The first-order valence-corrected chi connectivity index (χ1v) is 5.54. The number of carbonyl (C=O) groups is 1. The van der Waals surface area contributed by atoms with Crippen LogP contribution in [0.3, 0.4) is 0 Å². The van der Waals surface area contributed by atoms with Crippen molar-refractivity contribution >= 4 is 23.3 Å². The second kappa shape index (κ2) is 6.61. The van der Waals surface area contributed by atoms with E-state index in [0.29, 0.717) is 4.99 Å². The molecule has 0 fully saturated rings. The molecule has 0 rings (SSSR count). The Hall–Kier alpha value is -0.840. The van der Waals surface area contributed by atoms with Crippen molar-refractivity contribution in [1.29, 1.82) is 0 Å². The number of hydrogen-bond donors (Lipinski definition) is 2. The van der Waals surface area contributed by atoms with Gasteiger partial charge in [0.15, 0.2) is 0 Å². The summed E-state index contributed by atoms with van der Waals surface area (Å²) in [5.41, 5.74) is 4.55. The molecule has 2 N–H and O–H groups in total. The fourth-order valence-corrected chi connectivity index (χ4v) is 1.02. The molecule has 4 nitrogen and oxygen atoms in total. The number of amides is 1. The van der Waals surface area contributed by atoms with Crippen molar-refractivity contribution in [1.82, 2.24) is 10.9 Å². The summed E-state index contributed by atoms with van der Waals surface area (Å²) in [7, 11) is 0. The smallest absolute Gasteiger partial charge is 0.426 e. The largest absolute Gasteiger partial charge is 0.443 e. The standard InChI is InChI=1S/C10H20N2O2S/c1-5-6-7-8(15)11-12-9(13)14-10(2,3)4/h5-7H2,1-4H3,(H,11,15)(H,12,13). The van der Waals surface area contributed by atoms with Crippen molar-refractivity contribution in [3.05, 3.63) is 0 Å². The molecule has 0 bridgehead atoms. The SMILES string of the molecule is CCCCC(=S)NNC(=O)OC(C)(C)C. The van der Waals surface area contributed by atoms with Crippen LogP contribution in [0.25, 0.3) is 0 Å². The van der Waals surface area contributed by atoms with Crippen molar-refractivity contribution in [2.24, 2.45) is 0 Å². The number of nitrogens with one attached hydrogen (secondary N) is 2. The van der Waals surface area contributed by atoms with Crippen LogP contribution in [0.5, 0.6) is 0 Å². The van der Waals surface area contributed by atoms with Gasteiger partial charge in [0.1, 0.15) is 5.60 Å². The molecule has 0 aliphatic heterocycles. The molecule has 1 amide bonds. The molecule has 0 heterocycles. The number of thiocarbonyl (C=S) groups is 1. The third-order valence-corrected chi connectivity index (χ3v) is 1.77. The Balaban J connectivity index is 3.67. The molecule has 0 aromatic rings. The monoisotopic (exact) mass is 232 g/mol. The summed E-state index contributed by atoms with van der Waals surface area (Å²) in [6, 6.07) is 0. The van der Waals surface area contributed by atoms with Gasteiger partial charge in [0.2, 0.25) is 0 Å². The number of unbranched alkanes of at least 4 members (excludes halogenated alkanes) is 1. The average Bonchev–Trinajstić information content (AvgIpc) is 2.08. The summed E-state index contributed by atoms with van der Waals surface area (Å²) in [4.78, 5) is 11.8. The highest BCUT2D eigenvalue weighted by Crippen LogP contribution is 2.05.